The van der Waals surface area contributed by atoms with Crippen LogP contribution in [0.2, 0.25) is 0 Å². The van der Waals surface area contributed by atoms with Crippen LogP contribution in [0, 0.1) is 13.8 Å². The van der Waals surface area contributed by atoms with E-state index in [9.17, 15) is 4.79 Å². The van der Waals surface area contributed by atoms with E-state index in [1.54, 1.807) is 35.6 Å². The fourth-order valence-electron chi connectivity index (χ4n) is 3.90. The van der Waals surface area contributed by atoms with Crippen LogP contribution in [0.25, 0.3) is 22.7 Å². The Bertz CT molecular complexity index is 1530. The molecule has 0 aliphatic rings. The van der Waals surface area contributed by atoms with Crippen molar-refractivity contribution in [2.75, 3.05) is 0 Å². The van der Waals surface area contributed by atoms with Crippen LogP contribution in [-0.2, 0) is 7.05 Å². The van der Waals surface area contributed by atoms with Gasteiger partial charge in [-0.2, -0.15) is 10.2 Å². The number of allylic oxidation sites excluding steroid dienone is 1. The van der Waals surface area contributed by atoms with Crippen molar-refractivity contribution in [1.82, 2.24) is 24.5 Å². The zero-order valence-electron chi connectivity index (χ0n) is 19.1. The molecule has 7 heteroatoms. The molecule has 0 N–H and O–H groups in total. The molecule has 0 aliphatic carbocycles. The van der Waals surface area contributed by atoms with Gasteiger partial charge in [0.2, 0.25) is 5.78 Å². The van der Waals surface area contributed by atoms with Gasteiger partial charge in [0.25, 0.3) is 0 Å². The highest BCUT2D eigenvalue weighted by Crippen LogP contribution is 2.37. The smallest absolute Gasteiger partial charge is 0.203 e. The molecule has 0 spiro atoms. The van der Waals surface area contributed by atoms with Crippen LogP contribution in [0.15, 0.2) is 88.9 Å². The van der Waals surface area contributed by atoms with Gasteiger partial charge in [0.05, 0.1) is 22.6 Å². The number of para-hydroxylation sites is 2. The van der Waals surface area contributed by atoms with E-state index in [1.807, 2.05) is 73.3 Å². The molecule has 5 aromatic rings. The van der Waals surface area contributed by atoms with Crippen LogP contribution in [0.1, 0.15) is 27.4 Å². The Morgan fingerprint density at radius 1 is 0.971 bits per heavy atom. The maximum atomic E-state index is 12.9. The van der Waals surface area contributed by atoms with Crippen molar-refractivity contribution in [3.05, 3.63) is 102 Å². The van der Waals surface area contributed by atoms with Gasteiger partial charge in [-0.25, -0.2) is 4.68 Å². The predicted octanol–water partition coefficient (Wildman–Crippen LogP) is 5.82. The molecule has 6 nitrogen and oxygen atoms in total. The molecule has 2 aromatic carbocycles. The number of carbonyl (C=O) groups excluding carboxylic acids is 1. The maximum Gasteiger partial charge on any atom is 0.203 e. The molecule has 3 heterocycles. The number of rotatable bonds is 6. The largest absolute Gasteiger partial charge is 0.288 e. The highest BCUT2D eigenvalue weighted by Gasteiger charge is 2.18. The van der Waals surface area contributed by atoms with Crippen LogP contribution < -0.4 is 0 Å². The molecule has 0 amide bonds. The van der Waals surface area contributed by atoms with E-state index in [0.29, 0.717) is 5.69 Å². The summed E-state index contributed by atoms with van der Waals surface area (Å²) in [7, 11) is 1.78. The maximum absolute atomic E-state index is 12.9. The minimum absolute atomic E-state index is 0.0993. The first-order chi connectivity index (χ1) is 16.5. The monoisotopic (exact) mass is 465 g/mol. The first-order valence-corrected chi connectivity index (χ1v) is 11.7. The average molecular weight is 466 g/mol. The molecular weight excluding hydrogens is 442 g/mol. The van der Waals surface area contributed by atoms with Gasteiger partial charge in [-0.3, -0.25) is 14.5 Å². The molecular formula is C27H23N5OS. The van der Waals surface area contributed by atoms with Crippen LogP contribution >= 0.6 is 11.8 Å². The molecule has 0 aliphatic heterocycles. The van der Waals surface area contributed by atoms with E-state index in [2.05, 4.69) is 28.3 Å². The molecule has 0 unspecified atom stereocenters. The Labute approximate surface area is 202 Å². The quantitative estimate of drug-likeness (QED) is 0.234. The van der Waals surface area contributed by atoms with Crippen molar-refractivity contribution >= 4 is 34.5 Å². The first kappa shape index (κ1) is 21.9. The van der Waals surface area contributed by atoms with Gasteiger partial charge >= 0.3 is 0 Å². The fraction of sp³-hybridized carbons (Fsp3) is 0.111. The normalized spacial score (nSPS) is 11.5. The van der Waals surface area contributed by atoms with Crippen molar-refractivity contribution in [3.8, 4) is 5.69 Å². The summed E-state index contributed by atoms with van der Waals surface area (Å²) in [6.07, 6.45) is 5.26. The van der Waals surface area contributed by atoms with Gasteiger partial charge in [-0.1, -0.05) is 48.2 Å². The standard InChI is InChI=1S/C27H23N5OS/c1-18-17-23(31(3)29-18)24(33)15-14-22-19(2)30-32(21-11-5-4-6-12-21)27(22)34-25-13-7-9-20-10-8-16-28-26(20)25/h4-17H,1-3H3/b15-14+. The summed E-state index contributed by atoms with van der Waals surface area (Å²) >= 11 is 1.60. The number of hydrogen-bond donors (Lipinski definition) is 0. The number of fused-ring (bicyclic) bond motifs is 1. The number of carbonyl (C=O) groups is 1. The Balaban J connectivity index is 1.61. The van der Waals surface area contributed by atoms with Gasteiger partial charge in [-0.05, 0) is 56.3 Å². The fourth-order valence-corrected chi connectivity index (χ4v) is 5.08. The van der Waals surface area contributed by atoms with Crippen molar-refractivity contribution in [2.45, 2.75) is 23.8 Å². The Morgan fingerprint density at radius 2 is 1.76 bits per heavy atom. The Morgan fingerprint density at radius 3 is 2.53 bits per heavy atom. The summed E-state index contributed by atoms with van der Waals surface area (Å²) in [5.74, 6) is -0.0993. The zero-order valence-corrected chi connectivity index (χ0v) is 20.0. The number of aryl methyl sites for hydroxylation is 3. The van der Waals surface area contributed by atoms with Crippen LogP contribution in [0.3, 0.4) is 0 Å². The van der Waals surface area contributed by atoms with Crippen molar-refractivity contribution in [1.29, 1.82) is 0 Å². The minimum Gasteiger partial charge on any atom is -0.288 e. The van der Waals surface area contributed by atoms with Crippen molar-refractivity contribution in [2.24, 2.45) is 7.05 Å². The molecule has 0 saturated heterocycles. The van der Waals surface area contributed by atoms with Gasteiger partial charge < -0.3 is 0 Å². The second kappa shape index (κ2) is 9.11. The minimum atomic E-state index is -0.0993. The van der Waals surface area contributed by atoms with E-state index in [0.717, 1.165) is 43.5 Å². The summed E-state index contributed by atoms with van der Waals surface area (Å²) < 4.78 is 3.54. The van der Waals surface area contributed by atoms with E-state index < -0.39 is 0 Å². The number of aromatic nitrogens is 5. The highest BCUT2D eigenvalue weighted by molar-refractivity contribution is 7.99. The van der Waals surface area contributed by atoms with Crippen LogP contribution in [0.5, 0.6) is 0 Å². The Hall–Kier alpha value is -3.97. The van der Waals surface area contributed by atoms with E-state index in [4.69, 9.17) is 5.10 Å². The van der Waals surface area contributed by atoms with E-state index in [1.165, 1.54) is 0 Å². The van der Waals surface area contributed by atoms with Gasteiger partial charge in [0.1, 0.15) is 10.7 Å². The molecule has 0 radical (unpaired) electrons. The Kier molecular flexibility index (Phi) is 5.86. The van der Waals surface area contributed by atoms with Crippen LogP contribution in [-0.4, -0.2) is 30.3 Å². The third kappa shape index (κ3) is 4.18. The predicted molar refractivity (Wildman–Crippen MR) is 135 cm³/mol. The summed E-state index contributed by atoms with van der Waals surface area (Å²) in [6, 6.07) is 22.0. The topological polar surface area (TPSA) is 65.6 Å². The summed E-state index contributed by atoms with van der Waals surface area (Å²) in [4.78, 5) is 18.5. The zero-order chi connectivity index (χ0) is 23.7. The van der Waals surface area contributed by atoms with Crippen molar-refractivity contribution < 1.29 is 4.79 Å². The molecule has 0 bridgehead atoms. The molecule has 0 saturated carbocycles. The molecule has 3 aromatic heterocycles. The van der Waals surface area contributed by atoms with E-state index >= 15 is 0 Å². The first-order valence-electron chi connectivity index (χ1n) is 10.9. The van der Waals surface area contributed by atoms with E-state index in [-0.39, 0.29) is 5.78 Å². The van der Waals surface area contributed by atoms with Crippen LogP contribution in [0.4, 0.5) is 0 Å². The molecule has 168 valence electrons. The second-order valence-corrected chi connectivity index (χ2v) is 9.01. The lowest BCUT2D eigenvalue weighted by Gasteiger charge is -2.10. The summed E-state index contributed by atoms with van der Waals surface area (Å²) in [6.45, 7) is 3.84. The number of pyridine rings is 1. The second-order valence-electron chi connectivity index (χ2n) is 7.98. The summed E-state index contributed by atoms with van der Waals surface area (Å²) in [5.41, 5.74) is 4.99. The molecule has 34 heavy (non-hydrogen) atoms. The number of hydrogen-bond acceptors (Lipinski definition) is 5. The third-order valence-electron chi connectivity index (χ3n) is 5.52. The van der Waals surface area contributed by atoms with Gasteiger partial charge in [0.15, 0.2) is 0 Å². The lowest BCUT2D eigenvalue weighted by molar-refractivity contribution is 0.103. The van der Waals surface area contributed by atoms with Gasteiger partial charge in [0, 0.05) is 29.1 Å². The summed E-state index contributed by atoms with van der Waals surface area (Å²) in [5, 5.41) is 11.1. The average Bonchev–Trinajstić information content (AvgIpc) is 3.36. The molecule has 0 fully saturated rings. The lowest BCUT2D eigenvalue weighted by Crippen LogP contribution is -2.04. The lowest BCUT2D eigenvalue weighted by atomic mass is 10.2. The number of benzene rings is 2. The molecule has 0 atom stereocenters. The number of nitrogens with zero attached hydrogens (tertiary/aromatic N) is 5. The van der Waals surface area contributed by atoms with Gasteiger partial charge in [-0.15, -0.1) is 0 Å². The third-order valence-corrected chi connectivity index (χ3v) is 6.66. The van der Waals surface area contributed by atoms with Crippen molar-refractivity contribution in [3.63, 3.8) is 0 Å². The molecule has 5 rings (SSSR count). The SMILES string of the molecule is Cc1cc(C(=O)/C=C/c2c(C)nn(-c3ccccc3)c2Sc2cccc3cccnc23)n(C)n1. The number of ketones is 1. The highest BCUT2D eigenvalue weighted by atomic mass is 32.2.